The average Bonchev–Trinajstić information content (AvgIpc) is 1.00. The van der Waals surface area contributed by atoms with E-state index < -0.39 is 0 Å². The number of hydrogen-bond donors (Lipinski definition) is 0. The van der Waals surface area contributed by atoms with Crippen LogP contribution in [0.25, 0.3) is 0 Å². The molecule has 0 aliphatic heterocycles. The van der Waals surface area contributed by atoms with Gasteiger partial charge in [-0.25, -0.2) is 0 Å². The van der Waals surface area contributed by atoms with E-state index >= 15 is 0 Å². The van der Waals surface area contributed by atoms with Gasteiger partial charge in [0.05, 0.1) is 0 Å². The summed E-state index contributed by atoms with van der Waals surface area (Å²) in [6, 6.07) is 0. The van der Waals surface area contributed by atoms with Gasteiger partial charge in [0.25, 0.3) is 0 Å². The fraction of sp³-hybridized carbons (Fsp3) is 0. The first-order valence-corrected chi connectivity index (χ1v) is 1.21. The Morgan fingerprint density at radius 2 is 1.20 bits per heavy atom. The molecule has 5 heavy (non-hydrogen) atoms. The van der Waals surface area contributed by atoms with E-state index in [1.165, 1.54) is 0 Å². The van der Waals surface area contributed by atoms with Gasteiger partial charge < -0.3 is 0 Å². The average molecular weight is 280 g/mol. The first-order chi connectivity index (χ1) is 1.00. The Bertz CT molecular complexity index is 11.6. The van der Waals surface area contributed by atoms with Gasteiger partial charge in [-0.15, -0.1) is 0 Å². The van der Waals surface area contributed by atoms with Crippen LogP contribution < -0.4 is 0 Å². The molecule has 0 aliphatic carbocycles. The Hall–Kier alpha value is 2.20. The first kappa shape index (κ1) is 27.0. The third kappa shape index (κ3) is 22.6. The first-order valence-electron chi connectivity index (χ1n) is 0.204. The molecule has 0 bridgehead atoms. The van der Waals surface area contributed by atoms with Gasteiger partial charge in [0, 0.05) is 50.3 Å². The van der Waals surface area contributed by atoms with Gasteiger partial charge in [-0.2, -0.15) is 0 Å². The van der Waals surface area contributed by atoms with Crippen LogP contribution in [0.15, 0.2) is 0 Å². The predicted molar refractivity (Wildman–Crippen MR) is 0.686 cm³/mol. The molecule has 0 amide bonds. The molecular weight excluding hydrogens is 280 g/mol. The Morgan fingerprint density at radius 3 is 1.20 bits per heavy atom. The summed E-state index contributed by atoms with van der Waals surface area (Å²) in [7, 11) is 0. The molecule has 0 fully saturated rings. The molecule has 36 valence electrons. The van der Waals surface area contributed by atoms with Crippen molar-refractivity contribution in [3.8, 4) is 0 Å². The van der Waals surface area contributed by atoms with E-state index in [0.717, 1.165) is 0 Å². The van der Waals surface area contributed by atoms with E-state index in [9.17, 15) is 0 Å². The SMILES string of the molecule is [Co].[Mn].[Ni].[O]=[Zr]. The van der Waals surface area contributed by atoms with Crippen LogP contribution in [0.1, 0.15) is 0 Å². The summed E-state index contributed by atoms with van der Waals surface area (Å²) in [5.41, 5.74) is 0. The van der Waals surface area contributed by atoms with Crippen LogP contribution in [-0.2, 0) is 77.9 Å². The van der Waals surface area contributed by atoms with Gasteiger partial charge in [-0.05, 0) is 0 Å². The van der Waals surface area contributed by atoms with E-state index in [0.29, 0.717) is 24.7 Å². The molecule has 0 N–H and O–H groups in total. The molecule has 0 aliphatic rings. The Balaban J connectivity index is -0.00000000167. The van der Waals surface area contributed by atoms with Gasteiger partial charge in [-0.1, -0.05) is 0 Å². The van der Waals surface area contributed by atoms with Gasteiger partial charge >= 0.3 is 27.5 Å². The van der Waals surface area contributed by atoms with Gasteiger partial charge in [-0.3, -0.25) is 0 Å². The summed E-state index contributed by atoms with van der Waals surface area (Å²) in [6.07, 6.45) is 0. The van der Waals surface area contributed by atoms with Gasteiger partial charge in [0.2, 0.25) is 0 Å². The topological polar surface area (TPSA) is 17.1 Å². The normalized spacial score (nSPS) is 0.600. The summed E-state index contributed by atoms with van der Waals surface area (Å²) in [5.74, 6) is 0. The molecule has 0 aromatic rings. The number of hydrogen-bond acceptors (Lipinski definition) is 1. The van der Waals surface area contributed by atoms with Crippen molar-refractivity contribution in [2.24, 2.45) is 0 Å². The Morgan fingerprint density at radius 1 is 1.20 bits per heavy atom. The minimum absolute atomic E-state index is 0. The molecule has 0 heterocycles. The second-order valence-electron chi connectivity index (χ2n) is 0. The van der Waals surface area contributed by atoms with Crippen LogP contribution in [0.3, 0.4) is 0 Å². The standard InChI is InChI=1S/Co.Mn.Ni.O.Zr. The van der Waals surface area contributed by atoms with Crippen LogP contribution in [0, 0.1) is 0 Å². The maximum atomic E-state index is 8.34. The molecule has 0 spiro atoms. The van der Waals surface area contributed by atoms with Crippen LogP contribution >= 0.6 is 0 Å². The minimum atomic E-state index is 0. The van der Waals surface area contributed by atoms with E-state index in [1.807, 2.05) is 0 Å². The Labute approximate surface area is 76.9 Å². The monoisotopic (exact) mass is 278 g/mol. The Kier molecular flexibility index (Phi) is 187. The third-order valence-electron chi connectivity index (χ3n) is 0. The summed E-state index contributed by atoms with van der Waals surface area (Å²) < 4.78 is 8.34. The molecule has 0 unspecified atom stereocenters. The molecule has 0 saturated heterocycles. The van der Waals surface area contributed by atoms with E-state index in [-0.39, 0.29) is 50.3 Å². The van der Waals surface area contributed by atoms with E-state index in [4.69, 9.17) is 2.81 Å². The molecular formula is CoMnNiOZr. The van der Waals surface area contributed by atoms with Crippen molar-refractivity contribution < 1.29 is 77.9 Å². The van der Waals surface area contributed by atoms with Crippen molar-refractivity contribution >= 4 is 0 Å². The summed E-state index contributed by atoms with van der Waals surface area (Å²) in [6.45, 7) is 0. The molecule has 2 radical (unpaired) electrons. The van der Waals surface area contributed by atoms with Crippen molar-refractivity contribution in [2.45, 2.75) is 0 Å². The van der Waals surface area contributed by atoms with Crippen molar-refractivity contribution in [1.82, 2.24) is 0 Å². The van der Waals surface area contributed by atoms with E-state index in [1.54, 1.807) is 0 Å². The van der Waals surface area contributed by atoms with Crippen LogP contribution in [0.2, 0.25) is 0 Å². The van der Waals surface area contributed by atoms with Crippen molar-refractivity contribution in [1.29, 1.82) is 0 Å². The fourth-order valence-corrected chi connectivity index (χ4v) is 0. The quantitative estimate of drug-likeness (QED) is 0.565. The van der Waals surface area contributed by atoms with Crippen LogP contribution in [0.4, 0.5) is 0 Å². The zero-order chi connectivity index (χ0) is 2.00. The van der Waals surface area contributed by atoms with Crippen LogP contribution in [-0.4, -0.2) is 0 Å². The second kappa shape index (κ2) is 34.6. The molecule has 0 aromatic heterocycles. The van der Waals surface area contributed by atoms with Crippen LogP contribution in [0.5, 0.6) is 0 Å². The van der Waals surface area contributed by atoms with Crippen molar-refractivity contribution in [2.75, 3.05) is 0 Å². The summed E-state index contributed by atoms with van der Waals surface area (Å²) in [4.78, 5) is 0. The predicted octanol–water partition coefficient (Wildman–Crippen LogP) is -0.129. The summed E-state index contributed by atoms with van der Waals surface area (Å²) in [5, 5.41) is 0. The molecule has 0 aromatic carbocycles. The van der Waals surface area contributed by atoms with E-state index in [2.05, 4.69) is 0 Å². The zero-order valence-corrected chi connectivity index (χ0v) is 7.60. The number of rotatable bonds is 0. The summed E-state index contributed by atoms with van der Waals surface area (Å²) >= 11 is 0.300. The third-order valence-corrected chi connectivity index (χ3v) is 0. The van der Waals surface area contributed by atoms with Crippen molar-refractivity contribution in [3.05, 3.63) is 0 Å². The van der Waals surface area contributed by atoms with Gasteiger partial charge in [0.15, 0.2) is 0 Å². The second-order valence-corrected chi connectivity index (χ2v) is 0. The molecule has 0 saturated carbocycles. The van der Waals surface area contributed by atoms with Gasteiger partial charge in [0.1, 0.15) is 0 Å². The molecule has 5 heteroatoms. The molecule has 0 rings (SSSR count). The molecule has 1 nitrogen and oxygen atoms in total. The van der Waals surface area contributed by atoms with Crippen molar-refractivity contribution in [3.63, 3.8) is 0 Å². The maximum absolute atomic E-state index is 8.34. The zero-order valence-electron chi connectivity index (χ0n) is 1.94. The molecule has 0 atom stereocenters. The fourth-order valence-electron chi connectivity index (χ4n) is 0.